The summed E-state index contributed by atoms with van der Waals surface area (Å²) in [6.45, 7) is 0.894. The van der Waals surface area contributed by atoms with E-state index < -0.39 is 17.5 Å². The van der Waals surface area contributed by atoms with Gasteiger partial charge in [0.25, 0.3) is 5.91 Å². The van der Waals surface area contributed by atoms with E-state index in [-0.39, 0.29) is 11.6 Å². The van der Waals surface area contributed by atoms with Gasteiger partial charge >= 0.3 is 0 Å². The predicted molar refractivity (Wildman–Crippen MR) is 54.9 cm³/mol. The Morgan fingerprint density at radius 3 is 2.81 bits per heavy atom. The van der Waals surface area contributed by atoms with Crippen molar-refractivity contribution in [2.24, 2.45) is 5.73 Å². The van der Waals surface area contributed by atoms with Crippen LogP contribution in [0.1, 0.15) is 16.8 Å². The zero-order valence-corrected chi connectivity index (χ0v) is 8.62. The van der Waals surface area contributed by atoms with Crippen LogP contribution in [0.4, 0.5) is 8.78 Å². The summed E-state index contributed by atoms with van der Waals surface area (Å²) in [6, 6.07) is 3.52. The van der Waals surface area contributed by atoms with Crippen molar-refractivity contribution in [2.45, 2.75) is 12.5 Å². The molecule has 3 nitrogen and oxygen atoms in total. The van der Waals surface area contributed by atoms with Gasteiger partial charge in [-0.15, -0.1) is 0 Å². The van der Waals surface area contributed by atoms with Gasteiger partial charge in [0.15, 0.2) is 11.6 Å². The molecule has 1 aliphatic heterocycles. The number of amides is 1. The average Bonchev–Trinajstić information content (AvgIpc) is 2.68. The quantitative estimate of drug-likeness (QED) is 0.780. The maximum Gasteiger partial charge on any atom is 0.256 e. The highest BCUT2D eigenvalue weighted by Crippen LogP contribution is 2.16. The van der Waals surface area contributed by atoms with Crippen LogP contribution in [0.25, 0.3) is 0 Å². The fraction of sp³-hybridized carbons (Fsp3) is 0.364. The Kier molecular flexibility index (Phi) is 2.87. The first-order chi connectivity index (χ1) is 7.59. The molecule has 1 aromatic rings. The Labute approximate surface area is 91.8 Å². The zero-order valence-electron chi connectivity index (χ0n) is 8.62. The Morgan fingerprint density at radius 2 is 2.19 bits per heavy atom. The van der Waals surface area contributed by atoms with Gasteiger partial charge in [-0.1, -0.05) is 6.07 Å². The van der Waals surface area contributed by atoms with Crippen molar-refractivity contribution in [2.75, 3.05) is 13.1 Å². The van der Waals surface area contributed by atoms with E-state index in [9.17, 15) is 13.6 Å². The molecular formula is C11H12F2N2O. The number of hydrogen-bond acceptors (Lipinski definition) is 2. The van der Waals surface area contributed by atoms with Crippen LogP contribution in [0.15, 0.2) is 18.2 Å². The second-order valence-electron chi connectivity index (χ2n) is 3.90. The first kappa shape index (κ1) is 11.0. The van der Waals surface area contributed by atoms with Gasteiger partial charge in [0, 0.05) is 19.1 Å². The molecule has 86 valence electrons. The number of nitrogens with two attached hydrogens (primary N) is 1. The molecule has 0 saturated carbocycles. The summed E-state index contributed by atoms with van der Waals surface area (Å²) in [5.74, 6) is -2.59. The van der Waals surface area contributed by atoms with Crippen molar-refractivity contribution in [3.8, 4) is 0 Å². The van der Waals surface area contributed by atoms with Gasteiger partial charge < -0.3 is 10.6 Å². The summed E-state index contributed by atoms with van der Waals surface area (Å²) in [7, 11) is 0. The molecule has 1 amide bonds. The predicted octanol–water partition coefficient (Wildman–Crippen LogP) is 1.14. The Bertz CT molecular complexity index is 422. The van der Waals surface area contributed by atoms with Crippen LogP contribution in [0.5, 0.6) is 0 Å². The molecule has 5 heteroatoms. The molecule has 0 aliphatic carbocycles. The van der Waals surface area contributed by atoms with Gasteiger partial charge in [-0.25, -0.2) is 8.78 Å². The van der Waals surface area contributed by atoms with E-state index in [4.69, 9.17) is 5.73 Å². The van der Waals surface area contributed by atoms with E-state index in [1.54, 1.807) is 0 Å². The maximum absolute atomic E-state index is 13.3. The summed E-state index contributed by atoms with van der Waals surface area (Å²) in [4.78, 5) is 13.3. The summed E-state index contributed by atoms with van der Waals surface area (Å²) < 4.78 is 26.3. The van der Waals surface area contributed by atoms with Gasteiger partial charge in [0.05, 0.1) is 5.56 Å². The van der Waals surface area contributed by atoms with Gasteiger partial charge in [-0.05, 0) is 18.6 Å². The lowest BCUT2D eigenvalue weighted by molar-refractivity contribution is 0.0785. The van der Waals surface area contributed by atoms with Crippen molar-refractivity contribution >= 4 is 5.91 Å². The molecule has 16 heavy (non-hydrogen) atoms. The van der Waals surface area contributed by atoms with Gasteiger partial charge in [0.2, 0.25) is 0 Å². The third-order valence-electron chi connectivity index (χ3n) is 2.69. The molecule has 0 aromatic heterocycles. The molecule has 1 saturated heterocycles. The van der Waals surface area contributed by atoms with Crippen molar-refractivity contribution in [3.05, 3.63) is 35.4 Å². The van der Waals surface area contributed by atoms with Crippen LogP contribution in [-0.4, -0.2) is 29.9 Å². The van der Waals surface area contributed by atoms with Crippen LogP contribution >= 0.6 is 0 Å². The molecule has 1 heterocycles. The van der Waals surface area contributed by atoms with Crippen molar-refractivity contribution in [1.82, 2.24) is 4.90 Å². The second kappa shape index (κ2) is 4.17. The standard InChI is InChI=1S/C11H12F2N2O/c12-9-3-1-2-8(10(9)13)11(16)15-5-4-7(14)6-15/h1-3,7H,4-6,14H2. The smallest absolute Gasteiger partial charge is 0.256 e. The van der Waals surface area contributed by atoms with Crippen LogP contribution < -0.4 is 5.73 Å². The van der Waals surface area contributed by atoms with E-state index in [0.717, 1.165) is 6.07 Å². The van der Waals surface area contributed by atoms with E-state index in [1.807, 2.05) is 0 Å². The average molecular weight is 226 g/mol. The number of likely N-dealkylation sites (tertiary alicyclic amines) is 1. The number of nitrogens with zero attached hydrogens (tertiary/aromatic N) is 1. The van der Waals surface area contributed by atoms with E-state index >= 15 is 0 Å². The van der Waals surface area contributed by atoms with Gasteiger partial charge in [0.1, 0.15) is 0 Å². The van der Waals surface area contributed by atoms with E-state index in [0.29, 0.717) is 19.5 Å². The largest absolute Gasteiger partial charge is 0.337 e. The van der Waals surface area contributed by atoms with Crippen LogP contribution in [0, 0.1) is 11.6 Å². The maximum atomic E-state index is 13.3. The molecule has 1 unspecified atom stereocenters. The molecule has 1 aromatic carbocycles. The minimum Gasteiger partial charge on any atom is -0.337 e. The van der Waals surface area contributed by atoms with E-state index in [1.165, 1.54) is 17.0 Å². The number of rotatable bonds is 1. The summed E-state index contributed by atoms with van der Waals surface area (Å²) in [5.41, 5.74) is 5.42. The Balaban J connectivity index is 2.24. The second-order valence-corrected chi connectivity index (χ2v) is 3.90. The first-order valence-electron chi connectivity index (χ1n) is 5.08. The highest BCUT2D eigenvalue weighted by Gasteiger charge is 2.26. The molecule has 1 aliphatic rings. The van der Waals surface area contributed by atoms with Crippen molar-refractivity contribution < 1.29 is 13.6 Å². The Hall–Kier alpha value is -1.49. The third kappa shape index (κ3) is 1.90. The third-order valence-corrected chi connectivity index (χ3v) is 2.69. The highest BCUT2D eigenvalue weighted by atomic mass is 19.2. The number of carbonyl (C=O) groups is 1. The highest BCUT2D eigenvalue weighted by molar-refractivity contribution is 5.94. The van der Waals surface area contributed by atoms with Crippen molar-refractivity contribution in [3.63, 3.8) is 0 Å². The fourth-order valence-corrected chi connectivity index (χ4v) is 1.81. The summed E-state index contributed by atoms with van der Waals surface area (Å²) in [5, 5.41) is 0. The SMILES string of the molecule is NC1CCN(C(=O)c2cccc(F)c2F)C1. The van der Waals surface area contributed by atoms with Crippen LogP contribution in [0.2, 0.25) is 0 Å². The lowest BCUT2D eigenvalue weighted by Crippen LogP contribution is -2.32. The topological polar surface area (TPSA) is 46.3 Å². The molecule has 2 N–H and O–H groups in total. The van der Waals surface area contributed by atoms with E-state index in [2.05, 4.69) is 0 Å². The lowest BCUT2D eigenvalue weighted by atomic mass is 10.2. The Morgan fingerprint density at radius 1 is 1.44 bits per heavy atom. The summed E-state index contributed by atoms with van der Waals surface area (Å²) >= 11 is 0. The summed E-state index contributed by atoms with van der Waals surface area (Å²) in [6.07, 6.45) is 0.697. The fourth-order valence-electron chi connectivity index (χ4n) is 1.81. The molecule has 0 spiro atoms. The van der Waals surface area contributed by atoms with Crippen LogP contribution in [0.3, 0.4) is 0 Å². The first-order valence-corrected chi connectivity index (χ1v) is 5.08. The normalized spacial score (nSPS) is 20.2. The molecule has 1 fully saturated rings. The lowest BCUT2D eigenvalue weighted by Gasteiger charge is -2.16. The minimum atomic E-state index is -1.09. The number of hydrogen-bond donors (Lipinski definition) is 1. The molecule has 0 radical (unpaired) electrons. The zero-order chi connectivity index (χ0) is 11.7. The molecule has 1 atom stereocenters. The molecule has 0 bridgehead atoms. The van der Waals surface area contributed by atoms with Crippen LogP contribution in [-0.2, 0) is 0 Å². The van der Waals surface area contributed by atoms with Crippen molar-refractivity contribution in [1.29, 1.82) is 0 Å². The van der Waals surface area contributed by atoms with Gasteiger partial charge in [-0.3, -0.25) is 4.79 Å². The molecular weight excluding hydrogens is 214 g/mol. The minimum absolute atomic E-state index is 0.0689. The number of carbonyl (C=O) groups excluding carboxylic acids is 1. The molecule has 2 rings (SSSR count). The number of benzene rings is 1. The number of halogens is 2. The van der Waals surface area contributed by atoms with Gasteiger partial charge in [-0.2, -0.15) is 0 Å². The monoisotopic (exact) mass is 226 g/mol.